The number of nitrogens with one attached hydrogen (secondary N) is 1. The Labute approximate surface area is 108 Å². The first-order chi connectivity index (χ1) is 8.65. The number of benzene rings is 1. The lowest BCUT2D eigenvalue weighted by atomic mass is 10.1. The number of amides is 1. The third kappa shape index (κ3) is 2.35. The molecular weight excluding hydrogens is 224 g/mol. The lowest BCUT2D eigenvalue weighted by Crippen LogP contribution is -2.38. The van der Waals surface area contributed by atoms with Crippen molar-refractivity contribution in [3.05, 3.63) is 29.3 Å². The van der Waals surface area contributed by atoms with Crippen LogP contribution in [-0.2, 0) is 0 Å². The Morgan fingerprint density at radius 2 is 1.89 bits per heavy atom. The van der Waals surface area contributed by atoms with Crippen LogP contribution in [0.5, 0.6) is 0 Å². The van der Waals surface area contributed by atoms with Crippen molar-refractivity contribution in [2.24, 2.45) is 11.8 Å². The van der Waals surface area contributed by atoms with Gasteiger partial charge in [-0.3, -0.25) is 4.79 Å². The van der Waals surface area contributed by atoms with Gasteiger partial charge < -0.3 is 11.1 Å². The van der Waals surface area contributed by atoms with Gasteiger partial charge >= 0.3 is 0 Å². The number of carbonyl (C=O) groups is 1. The van der Waals surface area contributed by atoms with E-state index >= 15 is 0 Å². The molecule has 3 nitrogen and oxygen atoms in total. The lowest BCUT2D eigenvalue weighted by molar-refractivity contribution is 0.0926. The summed E-state index contributed by atoms with van der Waals surface area (Å²) in [5.74, 6) is 1.52. The van der Waals surface area contributed by atoms with E-state index in [1.54, 1.807) is 0 Å². The summed E-state index contributed by atoms with van der Waals surface area (Å²) < 4.78 is 0. The third-order valence-electron chi connectivity index (χ3n) is 4.09. The second-order valence-corrected chi connectivity index (χ2v) is 5.75. The molecule has 0 radical (unpaired) electrons. The molecule has 3 heteroatoms. The molecule has 0 aliphatic heterocycles. The molecule has 2 aliphatic rings. The molecule has 1 aromatic carbocycles. The molecule has 0 spiro atoms. The van der Waals surface area contributed by atoms with E-state index in [0.717, 1.165) is 28.7 Å². The van der Waals surface area contributed by atoms with E-state index in [2.05, 4.69) is 5.32 Å². The van der Waals surface area contributed by atoms with Crippen LogP contribution in [0.3, 0.4) is 0 Å². The van der Waals surface area contributed by atoms with Crippen molar-refractivity contribution < 1.29 is 4.79 Å². The number of hydrogen-bond donors (Lipinski definition) is 2. The van der Waals surface area contributed by atoms with Crippen molar-refractivity contribution in [1.29, 1.82) is 0 Å². The smallest absolute Gasteiger partial charge is 0.251 e. The maximum atomic E-state index is 12.2. The molecule has 0 unspecified atom stereocenters. The van der Waals surface area contributed by atoms with E-state index in [1.807, 2.05) is 25.1 Å². The molecule has 3 N–H and O–H groups in total. The Balaban J connectivity index is 1.71. The van der Waals surface area contributed by atoms with Crippen LogP contribution in [0.4, 0.5) is 5.69 Å². The number of anilines is 1. The number of rotatable bonds is 4. The first-order valence-electron chi connectivity index (χ1n) is 6.82. The van der Waals surface area contributed by atoms with Crippen LogP contribution in [-0.4, -0.2) is 11.9 Å². The summed E-state index contributed by atoms with van der Waals surface area (Å²) in [7, 11) is 0. The molecule has 0 saturated heterocycles. The van der Waals surface area contributed by atoms with Crippen molar-refractivity contribution in [3.63, 3.8) is 0 Å². The van der Waals surface area contributed by atoms with Crippen molar-refractivity contribution >= 4 is 11.6 Å². The van der Waals surface area contributed by atoms with Gasteiger partial charge in [0.05, 0.1) is 0 Å². The molecule has 2 saturated carbocycles. The van der Waals surface area contributed by atoms with Crippen molar-refractivity contribution in [2.75, 3.05) is 5.73 Å². The van der Waals surface area contributed by atoms with Crippen LogP contribution in [0.15, 0.2) is 18.2 Å². The van der Waals surface area contributed by atoms with Crippen LogP contribution in [0.1, 0.15) is 41.6 Å². The van der Waals surface area contributed by atoms with Crippen LogP contribution in [0.2, 0.25) is 0 Å². The number of aryl methyl sites for hydroxylation is 1. The summed E-state index contributed by atoms with van der Waals surface area (Å²) in [6, 6.07) is 5.92. The Bertz CT molecular complexity index is 463. The Morgan fingerprint density at radius 3 is 2.39 bits per heavy atom. The molecule has 0 atom stereocenters. The SMILES string of the molecule is Cc1cc(C(=O)NC(C2CC2)C2CC2)ccc1N. The topological polar surface area (TPSA) is 55.1 Å². The monoisotopic (exact) mass is 244 g/mol. The summed E-state index contributed by atoms with van der Waals surface area (Å²) in [6.07, 6.45) is 5.12. The van der Waals surface area contributed by atoms with Crippen LogP contribution >= 0.6 is 0 Å². The minimum absolute atomic E-state index is 0.0573. The molecule has 0 bridgehead atoms. The molecule has 3 rings (SSSR count). The standard InChI is InChI=1S/C15H20N2O/c1-9-8-12(6-7-13(9)16)15(18)17-14(10-2-3-10)11-4-5-11/h6-8,10-11,14H,2-5,16H2,1H3,(H,17,18). The highest BCUT2D eigenvalue weighted by Gasteiger charge is 2.42. The average molecular weight is 244 g/mol. The van der Waals surface area contributed by atoms with Crippen molar-refractivity contribution in [2.45, 2.75) is 38.6 Å². The normalized spacial score (nSPS) is 19.0. The Kier molecular flexibility index (Phi) is 2.77. The fraction of sp³-hybridized carbons (Fsp3) is 0.533. The van der Waals surface area contributed by atoms with Crippen LogP contribution in [0.25, 0.3) is 0 Å². The Morgan fingerprint density at radius 1 is 1.28 bits per heavy atom. The van der Waals surface area contributed by atoms with Gasteiger partial charge in [-0.2, -0.15) is 0 Å². The van der Waals surface area contributed by atoms with Gasteiger partial charge in [-0.1, -0.05) is 0 Å². The summed E-state index contributed by atoms with van der Waals surface area (Å²) in [5.41, 5.74) is 8.22. The zero-order valence-corrected chi connectivity index (χ0v) is 10.8. The highest BCUT2D eigenvalue weighted by molar-refractivity contribution is 5.95. The predicted molar refractivity (Wildman–Crippen MR) is 72.3 cm³/mol. The quantitative estimate of drug-likeness (QED) is 0.799. The summed E-state index contributed by atoms with van der Waals surface area (Å²) in [6.45, 7) is 1.94. The predicted octanol–water partition coefficient (Wildman–Crippen LogP) is 2.50. The highest BCUT2D eigenvalue weighted by Crippen LogP contribution is 2.44. The van der Waals surface area contributed by atoms with Gasteiger partial charge in [-0.05, 0) is 68.2 Å². The molecule has 18 heavy (non-hydrogen) atoms. The van der Waals surface area contributed by atoms with Gasteiger partial charge in [0.25, 0.3) is 5.91 Å². The largest absolute Gasteiger partial charge is 0.399 e. The van der Waals surface area contributed by atoms with Crippen molar-refractivity contribution in [3.8, 4) is 0 Å². The van der Waals surface area contributed by atoms with Crippen LogP contribution in [0, 0.1) is 18.8 Å². The summed E-state index contributed by atoms with van der Waals surface area (Å²) in [5, 5.41) is 3.22. The molecule has 0 heterocycles. The maximum absolute atomic E-state index is 12.2. The fourth-order valence-electron chi connectivity index (χ4n) is 2.58. The molecule has 96 valence electrons. The van der Waals surface area contributed by atoms with Gasteiger partial charge in [0, 0.05) is 17.3 Å². The summed E-state index contributed by atoms with van der Waals surface area (Å²) in [4.78, 5) is 12.2. The van der Waals surface area contributed by atoms with E-state index < -0.39 is 0 Å². The molecule has 0 aromatic heterocycles. The molecule has 2 aliphatic carbocycles. The fourth-order valence-corrected chi connectivity index (χ4v) is 2.58. The maximum Gasteiger partial charge on any atom is 0.251 e. The van der Waals surface area contributed by atoms with E-state index in [-0.39, 0.29) is 5.91 Å². The third-order valence-corrected chi connectivity index (χ3v) is 4.09. The van der Waals surface area contributed by atoms with Gasteiger partial charge in [-0.25, -0.2) is 0 Å². The lowest BCUT2D eigenvalue weighted by Gasteiger charge is -2.18. The number of nitrogens with two attached hydrogens (primary N) is 1. The van der Waals surface area contributed by atoms with Crippen LogP contribution < -0.4 is 11.1 Å². The van der Waals surface area contributed by atoms with E-state index in [0.29, 0.717) is 6.04 Å². The molecule has 2 fully saturated rings. The van der Waals surface area contributed by atoms with Gasteiger partial charge in [0.1, 0.15) is 0 Å². The zero-order chi connectivity index (χ0) is 12.7. The van der Waals surface area contributed by atoms with E-state index in [4.69, 9.17) is 5.73 Å². The molecule has 1 aromatic rings. The van der Waals surface area contributed by atoms with Gasteiger partial charge in [-0.15, -0.1) is 0 Å². The first-order valence-corrected chi connectivity index (χ1v) is 6.82. The molecule has 1 amide bonds. The average Bonchev–Trinajstić information content (AvgIpc) is 3.22. The van der Waals surface area contributed by atoms with Gasteiger partial charge in [0.15, 0.2) is 0 Å². The van der Waals surface area contributed by atoms with E-state index in [9.17, 15) is 4.79 Å². The zero-order valence-electron chi connectivity index (χ0n) is 10.8. The minimum Gasteiger partial charge on any atom is -0.399 e. The van der Waals surface area contributed by atoms with E-state index in [1.165, 1.54) is 25.7 Å². The first kappa shape index (κ1) is 11.6. The molecular formula is C15H20N2O. The van der Waals surface area contributed by atoms with Crippen molar-refractivity contribution in [1.82, 2.24) is 5.32 Å². The van der Waals surface area contributed by atoms with Gasteiger partial charge in [0.2, 0.25) is 0 Å². The highest BCUT2D eigenvalue weighted by atomic mass is 16.1. The second kappa shape index (κ2) is 4.30. The number of carbonyl (C=O) groups excluding carboxylic acids is 1. The second-order valence-electron chi connectivity index (χ2n) is 5.75. The number of nitrogen functional groups attached to an aromatic ring is 1. The Hall–Kier alpha value is -1.51. The number of hydrogen-bond acceptors (Lipinski definition) is 2. The summed E-state index contributed by atoms with van der Waals surface area (Å²) >= 11 is 0. The minimum atomic E-state index is 0.0573.